The molecule has 4 amide bonds. The van der Waals surface area contributed by atoms with E-state index in [0.717, 1.165) is 13.8 Å². The average molecular weight is 1030 g/mol. The molecule has 0 aliphatic carbocycles. The van der Waals surface area contributed by atoms with Gasteiger partial charge in [0.2, 0.25) is 12.1 Å². The number of Topliss-reactive ketones (excluding diaryl/α,β-unsaturated/α-hetero) is 2. The van der Waals surface area contributed by atoms with Crippen molar-refractivity contribution in [3.8, 4) is 0 Å². The van der Waals surface area contributed by atoms with Gasteiger partial charge in [-0.2, -0.15) is 20.5 Å². The first kappa shape index (κ1) is 49.8. The van der Waals surface area contributed by atoms with E-state index in [4.69, 9.17) is 92.8 Å². The number of hydrogen-bond donors (Lipinski definition) is 4. The fraction of sp³-hybridized carbons (Fsp3) is 0.143. The first-order valence-electron chi connectivity index (χ1n) is 18.2. The third-order valence-corrected chi connectivity index (χ3v) is 10.7. The predicted molar refractivity (Wildman–Crippen MR) is 253 cm³/mol. The molecule has 22 heteroatoms. The Bertz CT molecular complexity index is 2750. The van der Waals surface area contributed by atoms with Crippen molar-refractivity contribution in [2.24, 2.45) is 20.5 Å². The lowest BCUT2D eigenvalue weighted by Gasteiger charge is -2.17. The van der Waals surface area contributed by atoms with E-state index < -0.39 is 47.3 Å². The predicted octanol–water partition coefficient (Wildman–Crippen LogP) is 13.4. The molecule has 0 bridgehead atoms. The number of rotatable bonds is 14. The summed E-state index contributed by atoms with van der Waals surface area (Å²) in [5, 5.41) is 27.5. The fourth-order valence-electron chi connectivity index (χ4n) is 5.74. The summed E-state index contributed by atoms with van der Waals surface area (Å²) in [7, 11) is 0. The summed E-state index contributed by atoms with van der Waals surface area (Å²) in [6, 6.07) is 13.5. The quantitative estimate of drug-likeness (QED) is 0.0630. The van der Waals surface area contributed by atoms with Crippen molar-refractivity contribution in [3.05, 3.63) is 135 Å². The molecule has 0 heterocycles. The van der Waals surface area contributed by atoms with Gasteiger partial charge in [-0.1, -0.05) is 92.8 Å². The normalized spacial score (nSPS) is 12.2. The highest BCUT2D eigenvalue weighted by molar-refractivity contribution is 6.43. The SMILES string of the molecule is CC(=O)C(N=Nc1cc(Cl)cc(C(=O)Nc2c(Cl)cc(Cl)cc2Cl)c1)C(=O)Nc1cc(C)c(NC(=O)C(N=Nc2cc(Cl)cc(C(=O)Nc3c(Cl)cc(Cl)cc3Cl)c2)C(C)=O)c(C)c1. The van der Waals surface area contributed by atoms with Crippen LogP contribution in [0.1, 0.15) is 45.7 Å². The second kappa shape index (κ2) is 21.7. The van der Waals surface area contributed by atoms with Gasteiger partial charge in [0.05, 0.1) is 42.8 Å². The Balaban J connectivity index is 1.27. The van der Waals surface area contributed by atoms with Crippen molar-refractivity contribution in [1.29, 1.82) is 0 Å². The van der Waals surface area contributed by atoms with Crippen molar-refractivity contribution < 1.29 is 28.8 Å². The summed E-state index contributed by atoms with van der Waals surface area (Å²) in [6.07, 6.45) is 0. The minimum atomic E-state index is -1.62. The number of azo groups is 2. The van der Waals surface area contributed by atoms with Crippen molar-refractivity contribution in [1.82, 2.24) is 0 Å². The number of ketones is 2. The zero-order valence-electron chi connectivity index (χ0n) is 33.3. The largest absolute Gasteiger partial charge is 0.324 e. The van der Waals surface area contributed by atoms with E-state index in [1.54, 1.807) is 13.8 Å². The minimum absolute atomic E-state index is 0.0354. The molecule has 5 aromatic carbocycles. The van der Waals surface area contributed by atoms with Gasteiger partial charge in [-0.3, -0.25) is 28.8 Å². The molecule has 330 valence electrons. The van der Waals surface area contributed by atoms with E-state index in [1.165, 1.54) is 72.8 Å². The van der Waals surface area contributed by atoms with Gasteiger partial charge in [0.15, 0.2) is 11.6 Å². The molecular weight excluding hydrogens is 996 g/mol. The Morgan fingerprint density at radius 3 is 1.14 bits per heavy atom. The van der Waals surface area contributed by atoms with Crippen molar-refractivity contribution in [2.45, 2.75) is 39.8 Å². The number of anilines is 4. The van der Waals surface area contributed by atoms with Gasteiger partial charge in [0.25, 0.3) is 23.6 Å². The zero-order chi connectivity index (χ0) is 47.2. The summed E-state index contributed by atoms with van der Waals surface area (Å²) < 4.78 is 0. The van der Waals surface area contributed by atoms with Gasteiger partial charge >= 0.3 is 0 Å². The van der Waals surface area contributed by atoms with E-state index in [-0.39, 0.29) is 79.7 Å². The molecule has 0 fully saturated rings. The third kappa shape index (κ3) is 13.0. The van der Waals surface area contributed by atoms with E-state index in [0.29, 0.717) is 16.8 Å². The van der Waals surface area contributed by atoms with E-state index in [9.17, 15) is 28.8 Å². The van der Waals surface area contributed by atoms with Gasteiger partial charge < -0.3 is 21.3 Å². The zero-order valence-corrected chi connectivity index (χ0v) is 39.4. The molecule has 0 saturated heterocycles. The lowest BCUT2D eigenvalue weighted by Crippen LogP contribution is -2.33. The van der Waals surface area contributed by atoms with Gasteiger partial charge in [0, 0.05) is 42.6 Å². The van der Waals surface area contributed by atoms with Crippen LogP contribution in [0.15, 0.2) is 93.3 Å². The highest BCUT2D eigenvalue weighted by atomic mass is 35.5. The summed E-state index contributed by atoms with van der Waals surface area (Å²) in [4.78, 5) is 78.2. The molecule has 14 nitrogen and oxygen atoms in total. The third-order valence-electron chi connectivity index (χ3n) is 8.67. The molecule has 0 spiro atoms. The van der Waals surface area contributed by atoms with Crippen LogP contribution in [0.5, 0.6) is 0 Å². The number of nitrogens with one attached hydrogen (secondary N) is 4. The van der Waals surface area contributed by atoms with Crippen LogP contribution in [0.4, 0.5) is 34.1 Å². The molecule has 5 aromatic rings. The molecule has 0 aromatic heterocycles. The van der Waals surface area contributed by atoms with Crippen LogP contribution >= 0.6 is 92.8 Å². The lowest BCUT2D eigenvalue weighted by molar-refractivity contribution is -0.127. The maximum atomic E-state index is 13.4. The molecule has 0 aliphatic heterocycles. The van der Waals surface area contributed by atoms with Gasteiger partial charge in [-0.15, -0.1) is 0 Å². The molecule has 0 radical (unpaired) electrons. The maximum absolute atomic E-state index is 13.4. The lowest BCUT2D eigenvalue weighted by atomic mass is 10.1. The molecular formula is C42H30Cl8N8O6. The summed E-state index contributed by atoms with van der Waals surface area (Å²) in [6.45, 7) is 5.57. The Morgan fingerprint density at radius 2 is 0.781 bits per heavy atom. The smallest absolute Gasteiger partial charge is 0.258 e. The number of hydrogen-bond acceptors (Lipinski definition) is 10. The molecule has 64 heavy (non-hydrogen) atoms. The summed E-state index contributed by atoms with van der Waals surface area (Å²) in [5.74, 6) is -4.28. The van der Waals surface area contributed by atoms with Crippen LogP contribution in [-0.2, 0) is 19.2 Å². The number of carbonyl (C=O) groups excluding carboxylic acids is 6. The highest BCUT2D eigenvalue weighted by Crippen LogP contribution is 2.36. The number of amides is 4. The van der Waals surface area contributed by atoms with Crippen LogP contribution in [0.25, 0.3) is 0 Å². The van der Waals surface area contributed by atoms with Gasteiger partial charge in [0.1, 0.15) is 0 Å². The standard InChI is InChI=1S/C42H30Cl8N8O6/c1-17-5-27(51-41(63)35(19(3)59)57-55-28-9-21(7-23(43)11-28)39(61)53-37-30(47)13-25(45)14-31(37)48)6-18(2)34(17)52-42(64)36(20(4)60)58-56-29-10-22(8-24(44)12-29)40(62)54-38-32(49)15-26(46)16-33(38)50/h5-16,35-36H,1-4H3,(H,51,63)(H,52,64)(H,53,61)(H,54,62). The molecule has 5 rings (SSSR count). The summed E-state index contributed by atoms with van der Waals surface area (Å²) >= 11 is 49.2. The first-order valence-corrected chi connectivity index (χ1v) is 21.2. The van der Waals surface area contributed by atoms with Crippen molar-refractivity contribution in [2.75, 3.05) is 21.3 Å². The highest BCUT2D eigenvalue weighted by Gasteiger charge is 2.27. The topological polar surface area (TPSA) is 200 Å². The van der Waals surface area contributed by atoms with E-state index in [2.05, 4.69) is 41.7 Å². The Hall–Kier alpha value is -5.16. The molecule has 0 aliphatic rings. The number of aryl methyl sites for hydroxylation is 2. The number of carbonyl (C=O) groups is 6. The maximum Gasteiger partial charge on any atom is 0.258 e. The monoisotopic (exact) mass is 1020 g/mol. The second-order valence-corrected chi connectivity index (χ2v) is 17.1. The Kier molecular flexibility index (Phi) is 16.9. The molecule has 4 N–H and O–H groups in total. The van der Waals surface area contributed by atoms with Gasteiger partial charge in [-0.25, -0.2) is 0 Å². The van der Waals surface area contributed by atoms with E-state index in [1.807, 2.05) is 0 Å². The van der Waals surface area contributed by atoms with Crippen LogP contribution in [-0.4, -0.2) is 47.3 Å². The first-order chi connectivity index (χ1) is 30.1. The second-order valence-electron chi connectivity index (χ2n) is 13.7. The number of benzene rings is 5. The van der Waals surface area contributed by atoms with Gasteiger partial charge in [-0.05, 0) is 112 Å². The number of nitrogens with zero attached hydrogens (tertiary/aromatic N) is 4. The van der Waals surface area contributed by atoms with Crippen LogP contribution in [0, 0.1) is 13.8 Å². The van der Waals surface area contributed by atoms with E-state index >= 15 is 0 Å². The molecule has 2 unspecified atom stereocenters. The van der Waals surface area contributed by atoms with Crippen LogP contribution < -0.4 is 21.3 Å². The average Bonchev–Trinajstić information content (AvgIpc) is 3.18. The Labute approximate surface area is 405 Å². The van der Waals surface area contributed by atoms with Crippen molar-refractivity contribution >= 4 is 162 Å². The van der Waals surface area contributed by atoms with Crippen molar-refractivity contribution in [3.63, 3.8) is 0 Å². The molecule has 2 atom stereocenters. The number of halogens is 8. The molecule has 0 saturated carbocycles. The fourth-order valence-corrected chi connectivity index (χ4v) is 8.02. The van der Waals surface area contributed by atoms with Crippen LogP contribution in [0.3, 0.4) is 0 Å². The van der Waals surface area contributed by atoms with Crippen LogP contribution in [0.2, 0.25) is 40.2 Å². The summed E-state index contributed by atoms with van der Waals surface area (Å²) in [5.41, 5.74) is 1.85. The Morgan fingerprint density at radius 1 is 0.438 bits per heavy atom. The minimum Gasteiger partial charge on any atom is -0.324 e.